The van der Waals surface area contributed by atoms with Crippen LogP contribution in [0.4, 0.5) is 0 Å². The number of piperidine rings is 1. The molecule has 2 atom stereocenters. The van der Waals surface area contributed by atoms with Crippen LogP contribution in [0.2, 0.25) is 0 Å². The first kappa shape index (κ1) is 22.4. The second-order valence-electron chi connectivity index (χ2n) is 7.78. The molecule has 0 aliphatic carbocycles. The van der Waals surface area contributed by atoms with Gasteiger partial charge in [-0.05, 0) is 55.5 Å². The minimum atomic E-state index is -1.33. The van der Waals surface area contributed by atoms with Crippen molar-refractivity contribution in [2.24, 2.45) is 0 Å². The number of aliphatic hydroxyl groups excluding tert-OH is 1. The van der Waals surface area contributed by atoms with Crippen LogP contribution < -0.4 is 5.32 Å². The summed E-state index contributed by atoms with van der Waals surface area (Å²) in [4.78, 5) is 37.4. The summed E-state index contributed by atoms with van der Waals surface area (Å²) in [5.74, 6) is -0.504. The van der Waals surface area contributed by atoms with Crippen LogP contribution in [0.25, 0.3) is 0 Å². The van der Waals surface area contributed by atoms with Crippen molar-refractivity contribution in [1.29, 1.82) is 0 Å². The van der Waals surface area contributed by atoms with Crippen molar-refractivity contribution in [3.63, 3.8) is 0 Å². The number of aliphatic hydroxyl groups is 1. The summed E-state index contributed by atoms with van der Waals surface area (Å²) in [5, 5.41) is 23.9. The van der Waals surface area contributed by atoms with Crippen molar-refractivity contribution in [1.82, 2.24) is 10.2 Å². The number of hydrogen-bond donors (Lipinski definition) is 2. The molecule has 0 bridgehead atoms. The van der Waals surface area contributed by atoms with E-state index < -0.39 is 29.5 Å². The van der Waals surface area contributed by atoms with E-state index in [0.29, 0.717) is 11.1 Å². The van der Waals surface area contributed by atoms with Crippen molar-refractivity contribution in [2.45, 2.75) is 37.8 Å². The number of likely N-dealkylation sites (tertiary alicyclic amines) is 1. The Labute approximate surface area is 181 Å². The Balaban J connectivity index is 1.68. The zero-order valence-corrected chi connectivity index (χ0v) is 17.3. The SMILES string of the molecule is O=C(N[C@@H](Cc1ccccc1)[C@H](O)C[N+](=O)[O-])c1ccc(C(=O)N2CCCCC2)cc1. The molecule has 0 aromatic heterocycles. The predicted molar refractivity (Wildman–Crippen MR) is 115 cm³/mol. The summed E-state index contributed by atoms with van der Waals surface area (Å²) < 4.78 is 0. The molecule has 1 heterocycles. The normalized spacial score (nSPS) is 15.7. The van der Waals surface area contributed by atoms with Gasteiger partial charge in [0.05, 0.1) is 6.04 Å². The van der Waals surface area contributed by atoms with Gasteiger partial charge in [-0.2, -0.15) is 0 Å². The van der Waals surface area contributed by atoms with Gasteiger partial charge in [-0.25, -0.2) is 0 Å². The Morgan fingerprint density at radius 2 is 1.61 bits per heavy atom. The maximum Gasteiger partial charge on any atom is 0.253 e. The predicted octanol–water partition coefficient (Wildman–Crippen LogP) is 2.29. The Kier molecular flexibility index (Phi) is 7.72. The van der Waals surface area contributed by atoms with E-state index in [4.69, 9.17) is 0 Å². The third-order valence-corrected chi connectivity index (χ3v) is 5.45. The molecule has 8 nitrogen and oxygen atoms in total. The van der Waals surface area contributed by atoms with Gasteiger partial charge in [0.15, 0.2) is 0 Å². The number of nitrogens with zero attached hydrogens (tertiary/aromatic N) is 2. The Bertz CT molecular complexity index is 895. The number of amides is 2. The van der Waals surface area contributed by atoms with Crippen LogP contribution in [-0.2, 0) is 6.42 Å². The minimum Gasteiger partial charge on any atom is -0.384 e. The van der Waals surface area contributed by atoms with E-state index in [9.17, 15) is 24.8 Å². The topological polar surface area (TPSA) is 113 Å². The maximum atomic E-state index is 12.7. The van der Waals surface area contributed by atoms with Gasteiger partial charge in [0, 0.05) is 29.1 Å². The second kappa shape index (κ2) is 10.7. The number of hydrogen-bond acceptors (Lipinski definition) is 5. The smallest absolute Gasteiger partial charge is 0.253 e. The second-order valence-corrected chi connectivity index (χ2v) is 7.78. The van der Waals surface area contributed by atoms with Crippen LogP contribution in [-0.4, -0.2) is 58.5 Å². The first-order valence-corrected chi connectivity index (χ1v) is 10.5. The molecule has 1 aliphatic heterocycles. The van der Waals surface area contributed by atoms with Crippen LogP contribution in [0.15, 0.2) is 54.6 Å². The molecule has 0 spiro atoms. The Morgan fingerprint density at radius 3 is 2.23 bits per heavy atom. The van der Waals surface area contributed by atoms with E-state index in [-0.39, 0.29) is 12.3 Å². The highest BCUT2D eigenvalue weighted by atomic mass is 16.6. The molecule has 2 amide bonds. The average molecular weight is 425 g/mol. The lowest BCUT2D eigenvalue weighted by Gasteiger charge is -2.26. The number of carbonyl (C=O) groups is 2. The maximum absolute atomic E-state index is 12.7. The molecule has 1 saturated heterocycles. The van der Waals surface area contributed by atoms with Crippen molar-refractivity contribution in [3.05, 3.63) is 81.4 Å². The van der Waals surface area contributed by atoms with Crippen LogP contribution in [0.5, 0.6) is 0 Å². The third-order valence-electron chi connectivity index (χ3n) is 5.45. The molecular weight excluding hydrogens is 398 g/mol. The molecule has 164 valence electrons. The number of rotatable bonds is 8. The summed E-state index contributed by atoms with van der Waals surface area (Å²) in [6.45, 7) is 0.828. The highest BCUT2D eigenvalue weighted by Gasteiger charge is 2.26. The zero-order valence-electron chi connectivity index (χ0n) is 17.3. The van der Waals surface area contributed by atoms with Gasteiger partial charge in [0.2, 0.25) is 6.54 Å². The summed E-state index contributed by atoms with van der Waals surface area (Å²) in [6, 6.07) is 14.7. The number of carbonyl (C=O) groups excluding carboxylic acids is 2. The number of benzene rings is 2. The van der Waals surface area contributed by atoms with Crippen LogP contribution in [0.3, 0.4) is 0 Å². The standard InChI is InChI=1S/C23H27N3O5/c27-21(16-26(30)31)20(15-17-7-3-1-4-8-17)24-22(28)18-9-11-19(12-10-18)23(29)25-13-5-2-6-14-25/h1,3-4,7-12,20-21,27H,2,5-6,13-16H2,(H,24,28)/t20-,21+/m0/s1. The lowest BCUT2D eigenvalue weighted by molar-refractivity contribution is -0.491. The largest absolute Gasteiger partial charge is 0.384 e. The summed E-state index contributed by atoms with van der Waals surface area (Å²) in [6.07, 6.45) is 2.06. The molecular formula is C23H27N3O5. The fourth-order valence-corrected chi connectivity index (χ4v) is 3.73. The van der Waals surface area contributed by atoms with Crippen LogP contribution in [0, 0.1) is 10.1 Å². The lowest BCUT2D eigenvalue weighted by Crippen LogP contribution is -2.47. The first-order valence-electron chi connectivity index (χ1n) is 10.5. The van der Waals surface area contributed by atoms with Crippen LogP contribution >= 0.6 is 0 Å². The van der Waals surface area contributed by atoms with Crippen molar-refractivity contribution in [2.75, 3.05) is 19.6 Å². The van der Waals surface area contributed by atoms with Crippen LogP contribution in [0.1, 0.15) is 45.5 Å². The molecule has 0 radical (unpaired) electrons. The van der Waals surface area contributed by atoms with E-state index in [1.807, 2.05) is 35.2 Å². The molecule has 1 aliphatic rings. The highest BCUT2D eigenvalue weighted by molar-refractivity contribution is 5.98. The Morgan fingerprint density at radius 1 is 1.00 bits per heavy atom. The Hall–Kier alpha value is -3.26. The molecule has 2 aromatic carbocycles. The van der Waals surface area contributed by atoms with Gasteiger partial charge >= 0.3 is 0 Å². The van der Waals surface area contributed by atoms with Crippen molar-refractivity contribution >= 4 is 11.8 Å². The molecule has 2 aromatic rings. The third kappa shape index (κ3) is 6.36. The summed E-state index contributed by atoms with van der Waals surface area (Å²) >= 11 is 0. The fraction of sp³-hybridized carbons (Fsp3) is 0.391. The van der Waals surface area contributed by atoms with E-state index in [1.54, 1.807) is 24.3 Å². The molecule has 31 heavy (non-hydrogen) atoms. The van der Waals surface area contributed by atoms with Gasteiger partial charge in [-0.1, -0.05) is 30.3 Å². The van der Waals surface area contributed by atoms with Gasteiger partial charge in [0.1, 0.15) is 6.10 Å². The van der Waals surface area contributed by atoms with Crippen molar-refractivity contribution < 1.29 is 19.6 Å². The molecule has 0 saturated carbocycles. The molecule has 1 fully saturated rings. The van der Waals surface area contributed by atoms with E-state index in [0.717, 1.165) is 37.9 Å². The number of nitro groups is 1. The molecule has 0 unspecified atom stereocenters. The lowest BCUT2D eigenvalue weighted by atomic mass is 10.0. The average Bonchev–Trinajstić information content (AvgIpc) is 2.79. The minimum absolute atomic E-state index is 0.0463. The van der Waals surface area contributed by atoms with Gasteiger partial charge in [-0.3, -0.25) is 19.7 Å². The molecule has 3 rings (SSSR count). The molecule has 8 heteroatoms. The van der Waals surface area contributed by atoms with E-state index in [1.165, 1.54) is 0 Å². The van der Waals surface area contributed by atoms with Gasteiger partial charge in [0.25, 0.3) is 11.8 Å². The van der Waals surface area contributed by atoms with Gasteiger partial charge < -0.3 is 15.3 Å². The van der Waals surface area contributed by atoms with E-state index >= 15 is 0 Å². The first-order chi connectivity index (χ1) is 14.9. The van der Waals surface area contributed by atoms with Crippen molar-refractivity contribution in [3.8, 4) is 0 Å². The monoisotopic (exact) mass is 425 g/mol. The zero-order chi connectivity index (χ0) is 22.2. The van der Waals surface area contributed by atoms with Gasteiger partial charge in [-0.15, -0.1) is 0 Å². The highest BCUT2D eigenvalue weighted by Crippen LogP contribution is 2.14. The fourth-order valence-electron chi connectivity index (χ4n) is 3.73. The van der Waals surface area contributed by atoms with E-state index in [2.05, 4.69) is 5.32 Å². The number of nitrogens with one attached hydrogen (secondary N) is 1. The summed E-state index contributed by atoms with van der Waals surface area (Å²) in [7, 11) is 0. The summed E-state index contributed by atoms with van der Waals surface area (Å²) in [5.41, 5.74) is 1.69. The molecule has 2 N–H and O–H groups in total. The quantitative estimate of drug-likeness (QED) is 0.498.